The highest BCUT2D eigenvalue weighted by atomic mass is 16.1. The van der Waals surface area contributed by atoms with Gasteiger partial charge in [-0.1, -0.05) is 19.1 Å². The highest BCUT2D eigenvalue weighted by Gasteiger charge is 2.21. The molecule has 0 radical (unpaired) electrons. The van der Waals surface area contributed by atoms with Gasteiger partial charge in [0.1, 0.15) is 0 Å². The molecule has 1 aliphatic rings. The number of piperidine rings is 1. The van der Waals surface area contributed by atoms with Gasteiger partial charge in [-0.3, -0.25) is 9.89 Å². The number of aromatic amines is 1. The third-order valence-corrected chi connectivity index (χ3v) is 4.18. The van der Waals surface area contributed by atoms with Crippen molar-refractivity contribution in [1.29, 1.82) is 0 Å². The zero-order chi connectivity index (χ0) is 14.7. The Balaban J connectivity index is 1.63. The number of fused-ring (bicyclic) bond motifs is 1. The Labute approximate surface area is 124 Å². The van der Waals surface area contributed by atoms with Crippen LogP contribution in [0, 0.1) is 0 Å². The fraction of sp³-hybridized carbons (Fsp3) is 0.500. The molecule has 112 valence electrons. The summed E-state index contributed by atoms with van der Waals surface area (Å²) < 4.78 is 0. The Kier molecular flexibility index (Phi) is 4.20. The smallest absolute Gasteiger partial charge is 0.253 e. The minimum Gasteiger partial charge on any atom is -0.349 e. The lowest BCUT2D eigenvalue weighted by atomic mass is 10.0. The van der Waals surface area contributed by atoms with Crippen molar-refractivity contribution in [2.75, 3.05) is 19.6 Å². The van der Waals surface area contributed by atoms with Crippen LogP contribution in [0.15, 0.2) is 24.4 Å². The van der Waals surface area contributed by atoms with Gasteiger partial charge in [-0.05, 0) is 31.9 Å². The van der Waals surface area contributed by atoms with Crippen molar-refractivity contribution in [3.05, 3.63) is 30.0 Å². The average molecular weight is 286 g/mol. The van der Waals surface area contributed by atoms with E-state index in [0.717, 1.165) is 43.4 Å². The summed E-state index contributed by atoms with van der Waals surface area (Å²) >= 11 is 0. The number of rotatable bonds is 4. The second-order valence-electron chi connectivity index (χ2n) is 5.73. The zero-order valence-electron chi connectivity index (χ0n) is 12.4. The number of amides is 1. The first-order chi connectivity index (χ1) is 10.3. The molecule has 1 aliphatic heterocycles. The van der Waals surface area contributed by atoms with Crippen molar-refractivity contribution in [2.24, 2.45) is 0 Å². The van der Waals surface area contributed by atoms with E-state index in [1.807, 2.05) is 18.2 Å². The Hall–Kier alpha value is -1.88. The SMILES string of the molecule is CCCN1CCC(NC(=O)c2cccc3cn[nH]c23)CC1. The maximum absolute atomic E-state index is 12.5. The Morgan fingerprint density at radius 1 is 1.43 bits per heavy atom. The minimum absolute atomic E-state index is 0.00112. The molecule has 1 aromatic heterocycles. The van der Waals surface area contributed by atoms with Crippen molar-refractivity contribution >= 4 is 16.8 Å². The molecule has 1 fully saturated rings. The normalized spacial score (nSPS) is 17.2. The second kappa shape index (κ2) is 6.26. The van der Waals surface area contributed by atoms with Gasteiger partial charge >= 0.3 is 0 Å². The fourth-order valence-electron chi connectivity index (χ4n) is 3.04. The maximum atomic E-state index is 12.5. The standard InChI is InChI=1S/C16H22N4O/c1-2-8-20-9-6-13(7-10-20)18-16(21)14-5-3-4-12-11-17-19-15(12)14/h3-5,11,13H,2,6-10H2,1H3,(H,17,19)(H,18,21). The van der Waals surface area contributed by atoms with E-state index in [1.54, 1.807) is 6.20 Å². The molecule has 0 bridgehead atoms. The molecule has 0 spiro atoms. The van der Waals surface area contributed by atoms with Crippen LogP contribution in [0.5, 0.6) is 0 Å². The first kappa shape index (κ1) is 14.1. The summed E-state index contributed by atoms with van der Waals surface area (Å²) in [6.07, 6.45) is 5.00. The number of benzene rings is 1. The van der Waals surface area contributed by atoms with Crippen molar-refractivity contribution < 1.29 is 4.79 Å². The number of likely N-dealkylation sites (tertiary alicyclic amines) is 1. The van der Waals surface area contributed by atoms with Gasteiger partial charge in [-0.2, -0.15) is 5.10 Å². The van der Waals surface area contributed by atoms with Crippen LogP contribution in [-0.4, -0.2) is 46.7 Å². The Morgan fingerprint density at radius 3 is 3.00 bits per heavy atom. The van der Waals surface area contributed by atoms with Crippen LogP contribution in [-0.2, 0) is 0 Å². The van der Waals surface area contributed by atoms with E-state index in [-0.39, 0.29) is 11.9 Å². The molecule has 0 aliphatic carbocycles. The number of H-pyrrole nitrogens is 1. The molecule has 5 heteroatoms. The van der Waals surface area contributed by atoms with Crippen LogP contribution in [0.2, 0.25) is 0 Å². The fourth-order valence-corrected chi connectivity index (χ4v) is 3.04. The van der Waals surface area contributed by atoms with Gasteiger partial charge in [0, 0.05) is 24.5 Å². The van der Waals surface area contributed by atoms with Gasteiger partial charge in [-0.25, -0.2) is 0 Å². The average Bonchev–Trinajstić information content (AvgIpc) is 2.98. The molecule has 0 saturated carbocycles. The predicted octanol–water partition coefficient (Wildman–Crippen LogP) is 2.17. The molecule has 1 aromatic carbocycles. The molecule has 1 amide bonds. The third-order valence-electron chi connectivity index (χ3n) is 4.18. The van der Waals surface area contributed by atoms with Crippen LogP contribution in [0.3, 0.4) is 0 Å². The van der Waals surface area contributed by atoms with E-state index in [9.17, 15) is 4.79 Å². The van der Waals surface area contributed by atoms with Crippen molar-refractivity contribution in [2.45, 2.75) is 32.2 Å². The van der Waals surface area contributed by atoms with Gasteiger partial charge in [-0.15, -0.1) is 0 Å². The van der Waals surface area contributed by atoms with Gasteiger partial charge < -0.3 is 10.2 Å². The molecule has 0 atom stereocenters. The number of aromatic nitrogens is 2. The van der Waals surface area contributed by atoms with E-state index in [0.29, 0.717) is 5.56 Å². The predicted molar refractivity (Wildman–Crippen MR) is 83.3 cm³/mol. The minimum atomic E-state index is -0.00112. The van der Waals surface area contributed by atoms with E-state index in [1.165, 1.54) is 6.42 Å². The molecular formula is C16H22N4O. The quantitative estimate of drug-likeness (QED) is 0.905. The van der Waals surface area contributed by atoms with E-state index >= 15 is 0 Å². The summed E-state index contributed by atoms with van der Waals surface area (Å²) in [6, 6.07) is 5.99. The summed E-state index contributed by atoms with van der Waals surface area (Å²) in [5, 5.41) is 11.1. The van der Waals surface area contributed by atoms with Crippen LogP contribution in [0.1, 0.15) is 36.5 Å². The lowest BCUT2D eigenvalue weighted by Crippen LogP contribution is -2.44. The topological polar surface area (TPSA) is 61.0 Å². The monoisotopic (exact) mass is 286 g/mol. The van der Waals surface area contributed by atoms with Gasteiger partial charge in [0.05, 0.1) is 17.3 Å². The molecule has 2 heterocycles. The number of nitrogens with one attached hydrogen (secondary N) is 2. The van der Waals surface area contributed by atoms with E-state index < -0.39 is 0 Å². The highest BCUT2D eigenvalue weighted by molar-refractivity contribution is 6.05. The number of nitrogens with zero attached hydrogens (tertiary/aromatic N) is 2. The van der Waals surface area contributed by atoms with Crippen LogP contribution in [0.25, 0.3) is 10.9 Å². The molecule has 5 nitrogen and oxygen atoms in total. The number of hydrogen-bond donors (Lipinski definition) is 2. The second-order valence-corrected chi connectivity index (χ2v) is 5.73. The Morgan fingerprint density at radius 2 is 2.24 bits per heavy atom. The summed E-state index contributed by atoms with van der Waals surface area (Å²) in [5.74, 6) is -0.00112. The van der Waals surface area contributed by atoms with Crippen molar-refractivity contribution in [1.82, 2.24) is 20.4 Å². The first-order valence-electron chi connectivity index (χ1n) is 7.73. The van der Waals surface area contributed by atoms with Crippen LogP contribution in [0.4, 0.5) is 0 Å². The summed E-state index contributed by atoms with van der Waals surface area (Å²) in [5.41, 5.74) is 1.50. The molecule has 21 heavy (non-hydrogen) atoms. The molecule has 2 N–H and O–H groups in total. The van der Waals surface area contributed by atoms with Gasteiger partial charge in [0.15, 0.2) is 0 Å². The summed E-state index contributed by atoms with van der Waals surface area (Å²) in [4.78, 5) is 14.9. The number of carbonyl (C=O) groups is 1. The summed E-state index contributed by atoms with van der Waals surface area (Å²) in [7, 11) is 0. The van der Waals surface area contributed by atoms with Gasteiger partial charge in [0.2, 0.25) is 0 Å². The van der Waals surface area contributed by atoms with Gasteiger partial charge in [0.25, 0.3) is 5.91 Å². The highest BCUT2D eigenvalue weighted by Crippen LogP contribution is 2.17. The van der Waals surface area contributed by atoms with E-state index in [4.69, 9.17) is 0 Å². The third kappa shape index (κ3) is 3.08. The van der Waals surface area contributed by atoms with Crippen molar-refractivity contribution in [3.8, 4) is 0 Å². The van der Waals surface area contributed by atoms with Crippen molar-refractivity contribution in [3.63, 3.8) is 0 Å². The molecule has 1 saturated heterocycles. The first-order valence-corrected chi connectivity index (χ1v) is 7.73. The number of carbonyl (C=O) groups excluding carboxylic acids is 1. The molecule has 0 unspecified atom stereocenters. The lowest BCUT2D eigenvalue weighted by molar-refractivity contribution is 0.0912. The maximum Gasteiger partial charge on any atom is 0.253 e. The molecular weight excluding hydrogens is 264 g/mol. The largest absolute Gasteiger partial charge is 0.349 e. The number of para-hydroxylation sites is 1. The zero-order valence-corrected chi connectivity index (χ0v) is 12.4. The Bertz CT molecular complexity index is 614. The number of hydrogen-bond acceptors (Lipinski definition) is 3. The van der Waals surface area contributed by atoms with E-state index in [2.05, 4.69) is 27.3 Å². The summed E-state index contributed by atoms with van der Waals surface area (Å²) in [6.45, 7) is 5.52. The van der Waals surface area contributed by atoms with Crippen LogP contribution < -0.4 is 5.32 Å². The lowest BCUT2D eigenvalue weighted by Gasteiger charge is -2.32. The molecule has 3 rings (SSSR count). The van der Waals surface area contributed by atoms with Crippen LogP contribution >= 0.6 is 0 Å². The molecule has 2 aromatic rings.